The minimum absolute atomic E-state index is 0.0807. The van der Waals surface area contributed by atoms with Crippen molar-refractivity contribution in [2.45, 2.75) is 26.7 Å². The fraction of sp³-hybridized carbons (Fsp3) is 0.263. The average Bonchev–Trinajstić information content (AvgIpc) is 2.60. The van der Waals surface area contributed by atoms with Crippen molar-refractivity contribution in [1.82, 2.24) is 5.32 Å². The molecule has 0 unspecified atom stereocenters. The summed E-state index contributed by atoms with van der Waals surface area (Å²) in [6.07, 6.45) is 1.67. The topological polar surface area (TPSA) is 58.2 Å². The molecule has 0 fully saturated rings. The monoisotopic (exact) mass is 344 g/mol. The molecule has 5 heteroatoms. The smallest absolute Gasteiger partial charge is 0.251 e. The molecular formula is C19H21ClN2O2. The van der Waals surface area contributed by atoms with Crippen molar-refractivity contribution >= 4 is 29.1 Å². The van der Waals surface area contributed by atoms with Crippen molar-refractivity contribution < 1.29 is 9.59 Å². The SMILES string of the molecule is CCc1cccc(CC)c1NC(=O)CNC(=O)c1ccc(Cl)cc1. The van der Waals surface area contributed by atoms with Crippen LogP contribution in [0.15, 0.2) is 42.5 Å². The van der Waals surface area contributed by atoms with E-state index in [1.165, 1.54) is 0 Å². The van der Waals surface area contributed by atoms with Gasteiger partial charge in [0.15, 0.2) is 0 Å². The number of carbonyl (C=O) groups excluding carboxylic acids is 2. The Morgan fingerprint density at radius 2 is 1.54 bits per heavy atom. The highest BCUT2D eigenvalue weighted by molar-refractivity contribution is 6.30. The van der Waals surface area contributed by atoms with Crippen LogP contribution in [0.4, 0.5) is 5.69 Å². The molecule has 0 aliphatic rings. The maximum atomic E-state index is 12.2. The molecule has 0 aliphatic carbocycles. The second kappa shape index (κ2) is 8.50. The molecule has 0 saturated carbocycles. The molecule has 2 amide bonds. The summed E-state index contributed by atoms with van der Waals surface area (Å²) in [4.78, 5) is 24.2. The van der Waals surface area contributed by atoms with Crippen LogP contribution in [-0.4, -0.2) is 18.4 Å². The molecule has 0 radical (unpaired) electrons. The third-order valence-corrected chi connectivity index (χ3v) is 4.03. The van der Waals surface area contributed by atoms with Gasteiger partial charge >= 0.3 is 0 Å². The van der Waals surface area contributed by atoms with Gasteiger partial charge in [-0.25, -0.2) is 0 Å². The molecule has 4 nitrogen and oxygen atoms in total. The molecule has 0 aliphatic heterocycles. The van der Waals surface area contributed by atoms with Gasteiger partial charge in [-0.1, -0.05) is 43.6 Å². The van der Waals surface area contributed by atoms with E-state index >= 15 is 0 Å². The van der Waals surface area contributed by atoms with Gasteiger partial charge in [-0.15, -0.1) is 0 Å². The molecule has 0 spiro atoms. The van der Waals surface area contributed by atoms with E-state index in [1.54, 1.807) is 24.3 Å². The summed E-state index contributed by atoms with van der Waals surface area (Å²) < 4.78 is 0. The second-order valence-corrected chi connectivity index (χ2v) is 5.83. The lowest BCUT2D eigenvalue weighted by atomic mass is 10.0. The van der Waals surface area contributed by atoms with Gasteiger partial charge in [-0.3, -0.25) is 9.59 Å². The van der Waals surface area contributed by atoms with E-state index in [-0.39, 0.29) is 18.4 Å². The number of para-hydroxylation sites is 1. The van der Waals surface area contributed by atoms with Crippen LogP contribution in [0.25, 0.3) is 0 Å². The average molecular weight is 345 g/mol. The Labute approximate surface area is 147 Å². The van der Waals surface area contributed by atoms with Crippen molar-refractivity contribution in [2.24, 2.45) is 0 Å². The summed E-state index contributed by atoms with van der Waals surface area (Å²) in [7, 11) is 0. The minimum Gasteiger partial charge on any atom is -0.343 e. The van der Waals surface area contributed by atoms with Gasteiger partial charge in [0.2, 0.25) is 5.91 Å². The van der Waals surface area contributed by atoms with E-state index in [2.05, 4.69) is 10.6 Å². The number of benzene rings is 2. The zero-order chi connectivity index (χ0) is 17.5. The number of aryl methyl sites for hydroxylation is 2. The molecule has 0 aromatic heterocycles. The zero-order valence-electron chi connectivity index (χ0n) is 13.9. The number of hydrogen-bond acceptors (Lipinski definition) is 2. The lowest BCUT2D eigenvalue weighted by molar-refractivity contribution is -0.115. The predicted molar refractivity (Wildman–Crippen MR) is 97.6 cm³/mol. The Balaban J connectivity index is 1.99. The molecule has 0 atom stereocenters. The minimum atomic E-state index is -0.304. The van der Waals surface area contributed by atoms with Crippen LogP contribution in [0.1, 0.15) is 35.3 Å². The number of amides is 2. The quantitative estimate of drug-likeness (QED) is 0.836. The van der Waals surface area contributed by atoms with Gasteiger partial charge in [0.05, 0.1) is 6.54 Å². The third-order valence-electron chi connectivity index (χ3n) is 3.78. The van der Waals surface area contributed by atoms with Crippen LogP contribution in [0.5, 0.6) is 0 Å². The Morgan fingerprint density at radius 3 is 2.08 bits per heavy atom. The second-order valence-electron chi connectivity index (χ2n) is 5.40. The summed E-state index contributed by atoms with van der Waals surface area (Å²) in [5, 5.41) is 6.10. The van der Waals surface area contributed by atoms with Crippen molar-refractivity contribution in [2.75, 3.05) is 11.9 Å². The van der Waals surface area contributed by atoms with Crippen LogP contribution >= 0.6 is 11.6 Å². The largest absolute Gasteiger partial charge is 0.343 e. The molecule has 2 rings (SSSR count). The summed E-state index contributed by atoms with van der Waals surface area (Å²) in [6.45, 7) is 4.02. The number of nitrogens with one attached hydrogen (secondary N) is 2. The molecule has 0 bridgehead atoms. The van der Waals surface area contributed by atoms with Crippen LogP contribution in [0, 0.1) is 0 Å². The Morgan fingerprint density at radius 1 is 0.958 bits per heavy atom. The van der Waals surface area contributed by atoms with E-state index in [0.29, 0.717) is 10.6 Å². The molecular weight excluding hydrogens is 324 g/mol. The molecule has 2 aromatic rings. The highest BCUT2D eigenvalue weighted by Gasteiger charge is 2.12. The third kappa shape index (κ3) is 4.59. The lowest BCUT2D eigenvalue weighted by Gasteiger charge is -2.14. The van der Waals surface area contributed by atoms with E-state index in [9.17, 15) is 9.59 Å². The maximum absolute atomic E-state index is 12.2. The summed E-state index contributed by atoms with van der Waals surface area (Å²) in [6, 6.07) is 12.5. The summed E-state index contributed by atoms with van der Waals surface area (Å²) in [5.41, 5.74) is 3.50. The van der Waals surface area contributed by atoms with Crippen LogP contribution in [0.3, 0.4) is 0 Å². The molecule has 2 N–H and O–H groups in total. The van der Waals surface area contributed by atoms with Crippen LogP contribution in [-0.2, 0) is 17.6 Å². The lowest BCUT2D eigenvalue weighted by Crippen LogP contribution is -2.33. The number of carbonyl (C=O) groups is 2. The van der Waals surface area contributed by atoms with Crippen LogP contribution in [0.2, 0.25) is 5.02 Å². The fourth-order valence-corrected chi connectivity index (χ4v) is 2.58. The van der Waals surface area contributed by atoms with E-state index in [4.69, 9.17) is 11.6 Å². The maximum Gasteiger partial charge on any atom is 0.251 e. The van der Waals surface area contributed by atoms with Gasteiger partial charge < -0.3 is 10.6 Å². The van der Waals surface area contributed by atoms with Crippen LogP contribution < -0.4 is 10.6 Å². The predicted octanol–water partition coefficient (Wildman–Crippen LogP) is 3.83. The fourth-order valence-electron chi connectivity index (χ4n) is 2.45. The van der Waals surface area contributed by atoms with Crippen molar-refractivity contribution in [3.63, 3.8) is 0 Å². The first kappa shape index (κ1) is 18.0. The van der Waals surface area contributed by atoms with Gasteiger partial charge in [0.1, 0.15) is 0 Å². The normalized spacial score (nSPS) is 10.3. The van der Waals surface area contributed by atoms with Crippen molar-refractivity contribution in [3.05, 3.63) is 64.2 Å². The standard InChI is InChI=1S/C19H21ClN2O2/c1-3-13-6-5-7-14(4-2)18(13)22-17(23)12-21-19(24)15-8-10-16(20)11-9-15/h5-11H,3-4,12H2,1-2H3,(H,21,24)(H,22,23). The first-order chi connectivity index (χ1) is 11.5. The molecule has 0 saturated heterocycles. The highest BCUT2D eigenvalue weighted by atomic mass is 35.5. The molecule has 24 heavy (non-hydrogen) atoms. The van der Waals surface area contributed by atoms with E-state index < -0.39 is 0 Å². The van der Waals surface area contributed by atoms with Gasteiger partial charge in [0, 0.05) is 16.3 Å². The van der Waals surface area contributed by atoms with E-state index in [0.717, 1.165) is 29.7 Å². The summed E-state index contributed by atoms with van der Waals surface area (Å²) >= 11 is 5.80. The highest BCUT2D eigenvalue weighted by Crippen LogP contribution is 2.22. The number of halogens is 1. The summed E-state index contributed by atoms with van der Waals surface area (Å²) in [5.74, 6) is -0.547. The Kier molecular flexibility index (Phi) is 6.38. The first-order valence-corrected chi connectivity index (χ1v) is 8.37. The first-order valence-electron chi connectivity index (χ1n) is 7.99. The van der Waals surface area contributed by atoms with Gasteiger partial charge in [-0.2, -0.15) is 0 Å². The molecule has 0 heterocycles. The number of rotatable bonds is 6. The number of hydrogen-bond donors (Lipinski definition) is 2. The Bertz CT molecular complexity index is 704. The van der Waals surface area contributed by atoms with Crippen molar-refractivity contribution in [1.29, 1.82) is 0 Å². The molecule has 126 valence electrons. The number of anilines is 1. The van der Waals surface area contributed by atoms with Gasteiger partial charge in [-0.05, 0) is 48.2 Å². The molecule has 2 aromatic carbocycles. The van der Waals surface area contributed by atoms with E-state index in [1.807, 2.05) is 32.0 Å². The van der Waals surface area contributed by atoms with Crippen molar-refractivity contribution in [3.8, 4) is 0 Å². The Hall–Kier alpha value is -2.33. The van der Waals surface area contributed by atoms with Gasteiger partial charge in [0.25, 0.3) is 5.91 Å². The zero-order valence-corrected chi connectivity index (χ0v) is 14.6.